The lowest BCUT2D eigenvalue weighted by atomic mass is 10.1. The predicted molar refractivity (Wildman–Crippen MR) is 133 cm³/mol. The van der Waals surface area contributed by atoms with Gasteiger partial charge in [0, 0.05) is 12.2 Å². The second kappa shape index (κ2) is 11.5. The van der Waals surface area contributed by atoms with Gasteiger partial charge in [-0.05, 0) is 66.8 Å². The van der Waals surface area contributed by atoms with E-state index >= 15 is 0 Å². The fourth-order valence-electron chi connectivity index (χ4n) is 3.38. The number of carbonyl (C=O) groups is 1. The van der Waals surface area contributed by atoms with Gasteiger partial charge in [-0.25, -0.2) is 0 Å². The highest BCUT2D eigenvalue weighted by Crippen LogP contribution is 2.41. The van der Waals surface area contributed by atoms with E-state index in [0.717, 1.165) is 37.5 Å². The molecular formula is C24H27F3N4O3S. The number of likely N-dealkylation sites (N-methyl/N-ethyl adjacent to an activating group) is 1. The summed E-state index contributed by atoms with van der Waals surface area (Å²) in [6.07, 6.45) is -2.88. The van der Waals surface area contributed by atoms with Crippen LogP contribution >= 0.6 is 11.8 Å². The Morgan fingerprint density at radius 3 is 2.49 bits per heavy atom. The molecule has 0 bridgehead atoms. The molecule has 3 N–H and O–H groups in total. The first-order valence-corrected chi connectivity index (χ1v) is 11.8. The number of methoxy groups -OCH3 is 1. The topological polar surface area (TPSA) is 89.2 Å². The van der Waals surface area contributed by atoms with E-state index in [1.165, 1.54) is 25.3 Å². The summed E-state index contributed by atoms with van der Waals surface area (Å²) >= 11 is 1.02. The number of hydrogen-bond acceptors (Lipinski definition) is 7. The van der Waals surface area contributed by atoms with Crippen LogP contribution in [0, 0.1) is 0 Å². The number of ether oxygens (including phenoxy) is 2. The van der Waals surface area contributed by atoms with E-state index in [2.05, 4.69) is 29.1 Å². The maximum Gasteiger partial charge on any atom is 0.420 e. The van der Waals surface area contributed by atoms with Gasteiger partial charge in [-0.2, -0.15) is 13.2 Å². The van der Waals surface area contributed by atoms with E-state index in [9.17, 15) is 18.0 Å². The molecule has 11 heteroatoms. The highest BCUT2D eigenvalue weighted by molar-refractivity contribution is 8.18. The fourth-order valence-corrected chi connectivity index (χ4v) is 4.13. The van der Waals surface area contributed by atoms with E-state index in [4.69, 9.17) is 15.2 Å². The Bertz CT molecular complexity index is 1130. The molecule has 188 valence electrons. The van der Waals surface area contributed by atoms with Crippen molar-refractivity contribution in [3.63, 3.8) is 0 Å². The Morgan fingerprint density at radius 1 is 1.11 bits per heavy atom. The van der Waals surface area contributed by atoms with Crippen molar-refractivity contribution in [1.82, 2.24) is 10.2 Å². The number of amidine groups is 1. The van der Waals surface area contributed by atoms with Gasteiger partial charge in [0.05, 0.1) is 18.6 Å². The first-order chi connectivity index (χ1) is 16.6. The third kappa shape index (κ3) is 6.92. The van der Waals surface area contributed by atoms with Gasteiger partial charge in [0.15, 0.2) is 11.5 Å². The molecule has 3 rings (SSSR count). The van der Waals surface area contributed by atoms with Crippen molar-refractivity contribution >= 4 is 34.6 Å². The smallest absolute Gasteiger partial charge is 0.420 e. The van der Waals surface area contributed by atoms with E-state index in [1.54, 1.807) is 18.2 Å². The Balaban J connectivity index is 1.85. The Labute approximate surface area is 206 Å². The number of nitrogens with zero attached hydrogens (tertiary/aromatic N) is 2. The molecule has 35 heavy (non-hydrogen) atoms. The number of nitrogen functional groups attached to an aromatic ring is 1. The molecule has 1 aliphatic rings. The Hall–Kier alpha value is -3.18. The molecule has 2 aromatic rings. The first kappa shape index (κ1) is 26.4. The minimum absolute atomic E-state index is 0.0228. The zero-order chi connectivity index (χ0) is 25.6. The number of amides is 1. The van der Waals surface area contributed by atoms with Crippen LogP contribution in [0.1, 0.15) is 25.0 Å². The van der Waals surface area contributed by atoms with Crippen LogP contribution in [0.15, 0.2) is 46.3 Å². The number of aliphatic imine (C=N–C) groups is 1. The molecule has 1 fully saturated rings. The normalized spacial score (nSPS) is 16.3. The zero-order valence-electron chi connectivity index (χ0n) is 19.6. The number of nitrogens with two attached hydrogens (primary N) is 1. The molecule has 7 nitrogen and oxygen atoms in total. The van der Waals surface area contributed by atoms with Crippen LogP contribution in [0.4, 0.5) is 23.7 Å². The monoisotopic (exact) mass is 508 g/mol. The van der Waals surface area contributed by atoms with E-state index in [0.29, 0.717) is 22.8 Å². The molecule has 1 aliphatic heterocycles. The van der Waals surface area contributed by atoms with Crippen molar-refractivity contribution in [2.45, 2.75) is 20.0 Å². The number of alkyl halides is 3. The van der Waals surface area contributed by atoms with Gasteiger partial charge in [-0.1, -0.05) is 19.9 Å². The van der Waals surface area contributed by atoms with Crippen LogP contribution in [0.25, 0.3) is 6.08 Å². The third-order valence-electron chi connectivity index (χ3n) is 5.25. The van der Waals surface area contributed by atoms with E-state index in [1.807, 2.05) is 0 Å². The van der Waals surface area contributed by atoms with Crippen LogP contribution in [-0.2, 0) is 6.18 Å². The summed E-state index contributed by atoms with van der Waals surface area (Å²) in [5, 5.41) is 2.52. The Kier molecular flexibility index (Phi) is 8.68. The van der Waals surface area contributed by atoms with Crippen LogP contribution in [0.3, 0.4) is 0 Å². The highest BCUT2D eigenvalue weighted by atomic mass is 32.2. The summed E-state index contributed by atoms with van der Waals surface area (Å²) in [5.74, 6) is 0.431. The van der Waals surface area contributed by atoms with Gasteiger partial charge >= 0.3 is 6.18 Å². The average molecular weight is 509 g/mol. The molecule has 1 amide bonds. The minimum atomic E-state index is -4.64. The summed E-state index contributed by atoms with van der Waals surface area (Å²) < 4.78 is 51.2. The number of carbonyl (C=O) groups excluding carboxylic acids is 1. The van der Waals surface area contributed by atoms with Crippen LogP contribution in [0.2, 0.25) is 0 Å². The molecule has 0 aromatic heterocycles. The number of anilines is 1. The van der Waals surface area contributed by atoms with Gasteiger partial charge < -0.3 is 25.4 Å². The third-order valence-corrected chi connectivity index (χ3v) is 6.07. The first-order valence-electron chi connectivity index (χ1n) is 10.9. The minimum Gasteiger partial charge on any atom is -0.493 e. The lowest BCUT2D eigenvalue weighted by molar-refractivity contribution is -0.138. The summed E-state index contributed by atoms with van der Waals surface area (Å²) in [7, 11) is 1.39. The number of benzene rings is 2. The van der Waals surface area contributed by atoms with Gasteiger partial charge in [-0.15, -0.1) is 0 Å². The standard InChI is InChI=1S/C24H27F3N4O3S/c1-4-31(5-2)11-10-29-22-21(35-23(32)30-22)13-15-6-8-19(20(12-15)33-3)34-18-9-7-16(28)14-17(18)24(25,26)27/h6-9,12-14H,4-5,10-11,28H2,1-3H3,(H,29,30,32)/b21-13-. The van der Waals surface area contributed by atoms with Crippen molar-refractivity contribution in [2.24, 2.45) is 4.99 Å². The van der Waals surface area contributed by atoms with E-state index < -0.39 is 11.7 Å². The number of rotatable bonds is 9. The summed E-state index contributed by atoms with van der Waals surface area (Å²) in [5.41, 5.74) is 5.18. The lowest BCUT2D eigenvalue weighted by Gasteiger charge is -2.16. The zero-order valence-corrected chi connectivity index (χ0v) is 20.4. The average Bonchev–Trinajstić information content (AvgIpc) is 3.16. The van der Waals surface area contributed by atoms with Crippen LogP contribution in [-0.4, -0.2) is 49.3 Å². The van der Waals surface area contributed by atoms with Gasteiger partial charge in [0.1, 0.15) is 17.1 Å². The number of thioether (sulfide) groups is 1. The maximum absolute atomic E-state index is 13.4. The van der Waals surface area contributed by atoms with Crippen molar-refractivity contribution in [3.05, 3.63) is 52.4 Å². The molecule has 0 saturated carbocycles. The largest absolute Gasteiger partial charge is 0.493 e. The van der Waals surface area contributed by atoms with Crippen molar-refractivity contribution in [1.29, 1.82) is 0 Å². The molecule has 1 saturated heterocycles. The van der Waals surface area contributed by atoms with Crippen LogP contribution < -0.4 is 20.5 Å². The van der Waals surface area contributed by atoms with Crippen LogP contribution in [0.5, 0.6) is 17.2 Å². The second-order valence-corrected chi connectivity index (χ2v) is 8.56. The predicted octanol–water partition coefficient (Wildman–Crippen LogP) is 5.63. The van der Waals surface area contributed by atoms with Gasteiger partial charge in [-0.3, -0.25) is 9.79 Å². The quantitative estimate of drug-likeness (QED) is 0.427. The van der Waals surface area contributed by atoms with Gasteiger partial charge in [0.25, 0.3) is 5.24 Å². The van der Waals surface area contributed by atoms with E-state index in [-0.39, 0.29) is 28.2 Å². The fraction of sp³-hybridized carbons (Fsp3) is 0.333. The molecule has 0 radical (unpaired) electrons. The number of halogens is 3. The molecular weight excluding hydrogens is 481 g/mol. The summed E-state index contributed by atoms with van der Waals surface area (Å²) in [4.78, 5) is 19.3. The Morgan fingerprint density at radius 2 is 1.83 bits per heavy atom. The molecule has 0 spiro atoms. The number of nitrogens with one attached hydrogen (secondary N) is 1. The molecule has 0 atom stereocenters. The summed E-state index contributed by atoms with van der Waals surface area (Å²) in [6.45, 7) is 7.30. The van der Waals surface area contributed by atoms with Crippen molar-refractivity contribution in [2.75, 3.05) is 39.0 Å². The molecule has 2 aromatic carbocycles. The van der Waals surface area contributed by atoms with Gasteiger partial charge in [0.2, 0.25) is 0 Å². The maximum atomic E-state index is 13.4. The van der Waals surface area contributed by atoms with Crippen molar-refractivity contribution in [3.8, 4) is 17.2 Å². The lowest BCUT2D eigenvalue weighted by Crippen LogP contribution is -2.27. The SMILES string of the molecule is CCN(CC)CCN=C1NC(=O)S/C1=C\c1ccc(Oc2ccc(N)cc2C(F)(F)F)c(OC)c1. The highest BCUT2D eigenvalue weighted by Gasteiger charge is 2.35. The second-order valence-electron chi connectivity index (χ2n) is 7.55. The molecule has 0 aliphatic carbocycles. The van der Waals surface area contributed by atoms with Crippen molar-refractivity contribution < 1.29 is 27.4 Å². The molecule has 1 heterocycles. The molecule has 0 unspecified atom stereocenters. The number of hydrogen-bond donors (Lipinski definition) is 2. The summed E-state index contributed by atoms with van der Waals surface area (Å²) in [6, 6.07) is 8.10.